The Labute approximate surface area is 85.9 Å². The zero-order valence-corrected chi connectivity index (χ0v) is 8.01. The minimum atomic E-state index is -1.05. The van der Waals surface area contributed by atoms with Gasteiger partial charge in [-0.15, -0.1) is 0 Å². The van der Waals surface area contributed by atoms with Gasteiger partial charge in [0, 0.05) is 31.4 Å². The van der Waals surface area contributed by atoms with Gasteiger partial charge >= 0.3 is 5.97 Å². The maximum absolute atomic E-state index is 10.9. The normalized spacial score (nSPS) is 20.3. The fourth-order valence-electron chi connectivity index (χ4n) is 1.71. The zero-order valence-electron chi connectivity index (χ0n) is 8.01. The Morgan fingerprint density at radius 1 is 1.73 bits per heavy atom. The van der Waals surface area contributed by atoms with Gasteiger partial charge in [0.2, 0.25) is 11.7 Å². The number of nitrogens with zero attached hydrogens (tertiary/aromatic N) is 2. The summed E-state index contributed by atoms with van der Waals surface area (Å²) in [6.07, 6.45) is 4.31. The van der Waals surface area contributed by atoms with Gasteiger partial charge in [0.25, 0.3) is 0 Å². The van der Waals surface area contributed by atoms with Crippen molar-refractivity contribution in [3.8, 4) is 0 Å². The third-order valence-electron chi connectivity index (χ3n) is 2.41. The first-order valence-corrected chi connectivity index (χ1v) is 4.70. The van der Waals surface area contributed by atoms with E-state index < -0.39 is 5.97 Å². The van der Waals surface area contributed by atoms with Gasteiger partial charge in [0.1, 0.15) is 0 Å². The topological polar surface area (TPSA) is 84.2 Å². The van der Waals surface area contributed by atoms with Crippen LogP contribution >= 0.6 is 0 Å². The van der Waals surface area contributed by atoms with Gasteiger partial charge in [-0.1, -0.05) is 0 Å². The Hall–Kier alpha value is -1.85. The number of carboxylic acids is 1. The second-order valence-corrected chi connectivity index (χ2v) is 3.51. The lowest BCUT2D eigenvalue weighted by Crippen LogP contribution is -2.30. The van der Waals surface area contributed by atoms with E-state index in [1.165, 1.54) is 6.20 Å². The van der Waals surface area contributed by atoms with Crippen LogP contribution in [-0.4, -0.2) is 32.6 Å². The van der Waals surface area contributed by atoms with Crippen LogP contribution in [0.4, 0.5) is 0 Å². The first-order valence-electron chi connectivity index (χ1n) is 4.70. The lowest BCUT2D eigenvalue weighted by Gasteiger charge is -2.11. The lowest BCUT2D eigenvalue weighted by atomic mass is 10.2. The molecule has 2 rings (SSSR count). The molecule has 0 saturated carbocycles. The Kier molecular flexibility index (Phi) is 2.40. The summed E-state index contributed by atoms with van der Waals surface area (Å²) in [5, 5.41) is 11.6. The summed E-state index contributed by atoms with van der Waals surface area (Å²) in [7, 11) is 0. The smallest absolute Gasteiger partial charge is 0.372 e. The van der Waals surface area contributed by atoms with Crippen molar-refractivity contribution in [2.45, 2.75) is 25.4 Å². The number of amides is 1. The van der Waals surface area contributed by atoms with E-state index in [4.69, 9.17) is 5.11 Å². The van der Waals surface area contributed by atoms with Gasteiger partial charge < -0.3 is 15.0 Å². The lowest BCUT2D eigenvalue weighted by molar-refractivity contribution is -0.119. The number of imidazole rings is 1. The predicted molar refractivity (Wildman–Crippen MR) is 50.4 cm³/mol. The van der Waals surface area contributed by atoms with Crippen molar-refractivity contribution in [1.29, 1.82) is 0 Å². The molecular weight excluding hydrogens is 198 g/mol. The highest BCUT2D eigenvalue weighted by molar-refractivity contribution is 5.83. The van der Waals surface area contributed by atoms with Gasteiger partial charge in [0.05, 0.1) is 0 Å². The number of hydrogen-bond donors (Lipinski definition) is 2. The number of carbonyl (C=O) groups is 2. The molecule has 1 fully saturated rings. The number of rotatable bonds is 3. The summed E-state index contributed by atoms with van der Waals surface area (Å²) in [6, 6.07) is 0.0183. The molecule has 15 heavy (non-hydrogen) atoms. The summed E-state index contributed by atoms with van der Waals surface area (Å²) in [5.41, 5.74) is 0. The number of carboxylic acid groups (broad SMARTS) is 1. The molecule has 1 unspecified atom stereocenters. The fourth-order valence-corrected chi connectivity index (χ4v) is 1.71. The summed E-state index contributed by atoms with van der Waals surface area (Å²) >= 11 is 0. The van der Waals surface area contributed by atoms with E-state index in [9.17, 15) is 9.59 Å². The molecule has 0 aromatic carbocycles. The van der Waals surface area contributed by atoms with Crippen LogP contribution < -0.4 is 5.32 Å². The van der Waals surface area contributed by atoms with Crippen molar-refractivity contribution in [2.75, 3.05) is 0 Å². The van der Waals surface area contributed by atoms with Gasteiger partial charge in [-0.2, -0.15) is 0 Å². The number of carbonyl (C=O) groups excluding carboxylic acids is 1. The van der Waals surface area contributed by atoms with E-state index >= 15 is 0 Å². The molecule has 1 aromatic rings. The molecule has 6 nitrogen and oxygen atoms in total. The van der Waals surface area contributed by atoms with Crippen LogP contribution in [0, 0.1) is 0 Å². The zero-order chi connectivity index (χ0) is 10.8. The van der Waals surface area contributed by atoms with Crippen LogP contribution in [0.5, 0.6) is 0 Å². The minimum absolute atomic E-state index is 0.0103. The Balaban J connectivity index is 2.07. The van der Waals surface area contributed by atoms with E-state index in [0.29, 0.717) is 13.0 Å². The van der Waals surface area contributed by atoms with Crippen molar-refractivity contribution < 1.29 is 14.7 Å². The average molecular weight is 209 g/mol. The molecule has 80 valence electrons. The molecule has 1 aromatic heterocycles. The second-order valence-electron chi connectivity index (χ2n) is 3.51. The van der Waals surface area contributed by atoms with E-state index in [0.717, 1.165) is 6.42 Å². The van der Waals surface area contributed by atoms with Crippen molar-refractivity contribution in [2.24, 2.45) is 0 Å². The third kappa shape index (κ3) is 1.98. The Bertz CT molecular complexity index is 399. The highest BCUT2D eigenvalue weighted by Gasteiger charge is 2.22. The van der Waals surface area contributed by atoms with Crippen molar-refractivity contribution >= 4 is 11.9 Å². The van der Waals surface area contributed by atoms with Crippen LogP contribution in [0.3, 0.4) is 0 Å². The van der Waals surface area contributed by atoms with Crippen molar-refractivity contribution in [3.63, 3.8) is 0 Å². The molecule has 2 N–H and O–H groups in total. The van der Waals surface area contributed by atoms with Crippen molar-refractivity contribution in [1.82, 2.24) is 14.9 Å². The van der Waals surface area contributed by atoms with E-state index in [-0.39, 0.29) is 17.8 Å². The third-order valence-corrected chi connectivity index (χ3v) is 2.41. The number of aromatic carboxylic acids is 1. The van der Waals surface area contributed by atoms with Gasteiger partial charge in [-0.05, 0) is 6.42 Å². The molecule has 6 heteroatoms. The molecule has 0 aliphatic carbocycles. The van der Waals surface area contributed by atoms with E-state index in [1.54, 1.807) is 10.8 Å². The fraction of sp³-hybridized carbons (Fsp3) is 0.444. The number of hydrogen-bond acceptors (Lipinski definition) is 3. The molecule has 1 atom stereocenters. The van der Waals surface area contributed by atoms with E-state index in [2.05, 4.69) is 10.3 Å². The van der Waals surface area contributed by atoms with Crippen LogP contribution in [0.2, 0.25) is 0 Å². The van der Waals surface area contributed by atoms with Gasteiger partial charge in [-0.3, -0.25) is 4.79 Å². The molecule has 0 radical (unpaired) electrons. The molecule has 2 heterocycles. The molecule has 0 spiro atoms. The molecule has 1 saturated heterocycles. The Morgan fingerprint density at radius 3 is 3.13 bits per heavy atom. The maximum Gasteiger partial charge on any atom is 0.372 e. The highest BCUT2D eigenvalue weighted by Crippen LogP contribution is 2.10. The summed E-state index contributed by atoms with van der Waals surface area (Å²) in [4.78, 5) is 25.4. The number of nitrogens with one attached hydrogen (secondary N) is 1. The highest BCUT2D eigenvalue weighted by atomic mass is 16.4. The molecule has 0 bridgehead atoms. The molecule has 1 aliphatic rings. The largest absolute Gasteiger partial charge is 0.475 e. The van der Waals surface area contributed by atoms with Crippen LogP contribution in [0.1, 0.15) is 23.5 Å². The van der Waals surface area contributed by atoms with Gasteiger partial charge in [-0.25, -0.2) is 9.78 Å². The van der Waals surface area contributed by atoms with Crippen LogP contribution in [0.15, 0.2) is 12.4 Å². The first kappa shape index (κ1) is 9.70. The average Bonchev–Trinajstić information content (AvgIpc) is 2.75. The standard InChI is InChI=1S/C9H11N3O3/c13-7-2-1-6(11-7)5-12-4-3-10-8(12)9(14)15/h3-4,6H,1-2,5H2,(H,11,13)(H,14,15). The van der Waals surface area contributed by atoms with Crippen LogP contribution in [-0.2, 0) is 11.3 Å². The first-order chi connectivity index (χ1) is 7.16. The molecule has 1 amide bonds. The Morgan fingerprint density at radius 2 is 2.53 bits per heavy atom. The summed E-state index contributed by atoms with van der Waals surface area (Å²) in [5.74, 6) is -1.02. The minimum Gasteiger partial charge on any atom is -0.475 e. The monoisotopic (exact) mass is 209 g/mol. The summed E-state index contributed by atoms with van der Waals surface area (Å²) < 4.78 is 1.54. The van der Waals surface area contributed by atoms with E-state index in [1.807, 2.05) is 0 Å². The molecular formula is C9H11N3O3. The number of aromatic nitrogens is 2. The summed E-state index contributed by atoms with van der Waals surface area (Å²) in [6.45, 7) is 0.466. The maximum atomic E-state index is 10.9. The van der Waals surface area contributed by atoms with Gasteiger partial charge in [0.15, 0.2) is 0 Å². The van der Waals surface area contributed by atoms with Crippen LogP contribution in [0.25, 0.3) is 0 Å². The quantitative estimate of drug-likeness (QED) is 0.725. The molecule has 1 aliphatic heterocycles. The van der Waals surface area contributed by atoms with Crippen molar-refractivity contribution in [3.05, 3.63) is 18.2 Å². The predicted octanol–water partition coefficient (Wildman–Crippen LogP) is -0.140. The second kappa shape index (κ2) is 3.72. The SMILES string of the molecule is O=C1CCC(Cn2ccnc2C(=O)O)N1.